The van der Waals surface area contributed by atoms with Gasteiger partial charge in [-0.25, -0.2) is 9.99 Å². The molecule has 2 aromatic rings. The minimum atomic E-state index is -0.225. The molecule has 0 unspecified atom stereocenters. The second kappa shape index (κ2) is 7.08. The number of carbonyl (C=O) groups excluding carboxylic acids is 2. The van der Waals surface area contributed by atoms with E-state index >= 15 is 0 Å². The first-order valence-corrected chi connectivity index (χ1v) is 7.77. The van der Waals surface area contributed by atoms with Gasteiger partial charge < -0.3 is 9.88 Å². The lowest BCUT2D eigenvalue weighted by atomic mass is 10.1. The molecule has 1 aromatic carbocycles. The summed E-state index contributed by atoms with van der Waals surface area (Å²) in [7, 11) is 1.56. The van der Waals surface area contributed by atoms with Gasteiger partial charge in [-0.2, -0.15) is 5.10 Å². The summed E-state index contributed by atoms with van der Waals surface area (Å²) in [4.78, 5) is 27.5. The Labute approximate surface area is 140 Å². The molecule has 2 heterocycles. The number of aromatic nitrogens is 2. The Morgan fingerprint density at radius 2 is 1.96 bits per heavy atom. The molecule has 1 aliphatic heterocycles. The van der Waals surface area contributed by atoms with Crippen LogP contribution < -0.4 is 5.32 Å². The normalized spacial score (nSPS) is 14.5. The van der Waals surface area contributed by atoms with Crippen LogP contribution in [0.15, 0.2) is 48.1 Å². The molecule has 1 aliphatic rings. The van der Waals surface area contributed by atoms with Gasteiger partial charge in [0.15, 0.2) is 0 Å². The third-order valence-corrected chi connectivity index (χ3v) is 3.87. The number of nitrogens with one attached hydrogen (secondary N) is 1. The second-order valence-electron chi connectivity index (χ2n) is 5.70. The molecule has 0 saturated carbocycles. The zero-order valence-corrected chi connectivity index (χ0v) is 13.5. The Morgan fingerprint density at radius 1 is 1.21 bits per heavy atom. The van der Waals surface area contributed by atoms with E-state index in [1.54, 1.807) is 19.6 Å². The van der Waals surface area contributed by atoms with Crippen LogP contribution in [0.5, 0.6) is 0 Å². The van der Waals surface area contributed by atoms with Crippen LogP contribution in [0.3, 0.4) is 0 Å². The van der Waals surface area contributed by atoms with Crippen LogP contribution in [0.1, 0.15) is 24.0 Å². The molecule has 0 saturated heterocycles. The van der Waals surface area contributed by atoms with Gasteiger partial charge in [0.2, 0.25) is 5.91 Å². The van der Waals surface area contributed by atoms with E-state index in [2.05, 4.69) is 15.4 Å². The van der Waals surface area contributed by atoms with Gasteiger partial charge in [-0.15, -0.1) is 0 Å². The summed E-state index contributed by atoms with van der Waals surface area (Å²) in [6.07, 6.45) is 6.16. The SMILES string of the molecule is CN1N=C(C(=O)NCc2ccc(Cn3ccnc3)cc2)CCC1=O. The van der Waals surface area contributed by atoms with Crippen molar-refractivity contribution in [2.45, 2.75) is 25.9 Å². The fourth-order valence-electron chi connectivity index (χ4n) is 2.47. The fraction of sp³-hybridized carbons (Fsp3) is 0.294. The van der Waals surface area contributed by atoms with Gasteiger partial charge in [-0.1, -0.05) is 24.3 Å². The van der Waals surface area contributed by atoms with E-state index in [0.29, 0.717) is 25.1 Å². The molecule has 0 spiro atoms. The van der Waals surface area contributed by atoms with E-state index in [0.717, 1.165) is 12.1 Å². The Balaban J connectivity index is 1.54. The third kappa shape index (κ3) is 3.87. The zero-order valence-electron chi connectivity index (χ0n) is 13.5. The van der Waals surface area contributed by atoms with Crippen molar-refractivity contribution in [1.82, 2.24) is 19.9 Å². The highest BCUT2D eigenvalue weighted by molar-refractivity contribution is 6.39. The van der Waals surface area contributed by atoms with Crippen molar-refractivity contribution in [2.75, 3.05) is 7.05 Å². The molecule has 1 aromatic heterocycles. The standard InChI is InChI=1S/C17H19N5O2/c1-21-16(23)7-6-15(20-21)17(24)19-10-13-2-4-14(5-3-13)11-22-9-8-18-12-22/h2-5,8-9,12H,6-7,10-11H2,1H3,(H,19,24). The number of carbonyl (C=O) groups is 2. The van der Waals surface area contributed by atoms with Gasteiger partial charge in [0, 0.05) is 45.4 Å². The molecule has 2 amide bonds. The fourth-order valence-corrected chi connectivity index (χ4v) is 2.47. The monoisotopic (exact) mass is 325 g/mol. The largest absolute Gasteiger partial charge is 0.347 e. The Hall–Kier alpha value is -2.96. The molecule has 0 aliphatic carbocycles. The van der Waals surface area contributed by atoms with Crippen LogP contribution in [0.25, 0.3) is 0 Å². The van der Waals surface area contributed by atoms with Crippen molar-refractivity contribution in [3.8, 4) is 0 Å². The summed E-state index contributed by atoms with van der Waals surface area (Å²) in [5.74, 6) is -0.295. The number of hydrogen-bond donors (Lipinski definition) is 1. The van der Waals surface area contributed by atoms with E-state index in [4.69, 9.17) is 0 Å². The van der Waals surface area contributed by atoms with Gasteiger partial charge in [0.1, 0.15) is 5.71 Å². The molecule has 0 radical (unpaired) electrons. The van der Waals surface area contributed by atoms with E-state index in [-0.39, 0.29) is 11.8 Å². The quantitative estimate of drug-likeness (QED) is 0.896. The molecule has 124 valence electrons. The lowest BCUT2D eigenvalue weighted by Gasteiger charge is -2.18. The van der Waals surface area contributed by atoms with Crippen molar-refractivity contribution in [3.63, 3.8) is 0 Å². The van der Waals surface area contributed by atoms with E-state index in [9.17, 15) is 9.59 Å². The van der Waals surface area contributed by atoms with Gasteiger partial charge in [-0.3, -0.25) is 9.59 Å². The maximum atomic E-state index is 12.1. The third-order valence-electron chi connectivity index (χ3n) is 3.87. The molecular weight excluding hydrogens is 306 g/mol. The lowest BCUT2D eigenvalue weighted by Crippen LogP contribution is -2.37. The first-order chi connectivity index (χ1) is 11.6. The minimum Gasteiger partial charge on any atom is -0.347 e. The van der Waals surface area contributed by atoms with Crippen molar-refractivity contribution >= 4 is 17.5 Å². The maximum Gasteiger partial charge on any atom is 0.267 e. The predicted molar refractivity (Wildman–Crippen MR) is 89.1 cm³/mol. The summed E-state index contributed by atoms with van der Waals surface area (Å²) in [6, 6.07) is 8.05. The van der Waals surface area contributed by atoms with Crippen LogP contribution in [0, 0.1) is 0 Å². The van der Waals surface area contributed by atoms with Gasteiger partial charge in [0.25, 0.3) is 5.91 Å². The van der Waals surface area contributed by atoms with Crippen LogP contribution in [-0.2, 0) is 22.7 Å². The average molecular weight is 325 g/mol. The molecular formula is C17H19N5O2. The number of hydrogen-bond acceptors (Lipinski definition) is 4. The smallest absolute Gasteiger partial charge is 0.267 e. The first-order valence-electron chi connectivity index (χ1n) is 7.77. The predicted octanol–water partition coefficient (Wildman–Crippen LogP) is 1.16. The van der Waals surface area contributed by atoms with Crippen LogP contribution >= 0.6 is 0 Å². The number of benzene rings is 1. The summed E-state index contributed by atoms with van der Waals surface area (Å²) in [5.41, 5.74) is 2.58. The molecule has 7 heteroatoms. The van der Waals surface area contributed by atoms with Crippen molar-refractivity contribution < 1.29 is 9.59 Å². The molecule has 3 rings (SSSR count). The summed E-state index contributed by atoms with van der Waals surface area (Å²) < 4.78 is 2.00. The second-order valence-corrected chi connectivity index (χ2v) is 5.70. The summed E-state index contributed by atoms with van der Waals surface area (Å²) in [5, 5.41) is 8.08. The number of nitrogens with zero attached hydrogens (tertiary/aromatic N) is 4. The number of rotatable bonds is 5. The van der Waals surface area contributed by atoms with E-state index in [1.165, 1.54) is 10.6 Å². The highest BCUT2D eigenvalue weighted by Crippen LogP contribution is 2.09. The molecule has 7 nitrogen and oxygen atoms in total. The lowest BCUT2D eigenvalue weighted by molar-refractivity contribution is -0.130. The number of imidazole rings is 1. The average Bonchev–Trinajstić information content (AvgIpc) is 3.09. The molecule has 1 N–H and O–H groups in total. The van der Waals surface area contributed by atoms with Crippen LogP contribution in [0.2, 0.25) is 0 Å². The molecule has 24 heavy (non-hydrogen) atoms. The summed E-state index contributed by atoms with van der Waals surface area (Å²) >= 11 is 0. The Kier molecular flexibility index (Phi) is 4.69. The topological polar surface area (TPSA) is 79.6 Å². The Morgan fingerprint density at radius 3 is 2.62 bits per heavy atom. The van der Waals surface area contributed by atoms with Crippen molar-refractivity contribution in [2.24, 2.45) is 5.10 Å². The summed E-state index contributed by atoms with van der Waals surface area (Å²) in [6.45, 7) is 1.20. The zero-order chi connectivity index (χ0) is 16.9. The van der Waals surface area contributed by atoms with Crippen LogP contribution in [0.4, 0.5) is 0 Å². The Bertz CT molecular complexity index is 750. The van der Waals surface area contributed by atoms with E-state index in [1.807, 2.05) is 35.0 Å². The first kappa shape index (κ1) is 15.9. The maximum absolute atomic E-state index is 12.1. The highest BCUT2D eigenvalue weighted by Gasteiger charge is 2.21. The van der Waals surface area contributed by atoms with Gasteiger partial charge in [-0.05, 0) is 11.1 Å². The minimum absolute atomic E-state index is 0.0694. The van der Waals surface area contributed by atoms with Crippen molar-refractivity contribution in [3.05, 3.63) is 54.1 Å². The van der Waals surface area contributed by atoms with Crippen LogP contribution in [-0.4, -0.2) is 39.1 Å². The van der Waals surface area contributed by atoms with Gasteiger partial charge >= 0.3 is 0 Å². The number of hydrazone groups is 1. The van der Waals surface area contributed by atoms with Crippen molar-refractivity contribution in [1.29, 1.82) is 0 Å². The van der Waals surface area contributed by atoms with Gasteiger partial charge in [0.05, 0.1) is 6.33 Å². The molecule has 0 bridgehead atoms. The van der Waals surface area contributed by atoms with E-state index < -0.39 is 0 Å². The highest BCUT2D eigenvalue weighted by atomic mass is 16.2. The number of amides is 2. The molecule has 0 fully saturated rings. The molecule has 0 atom stereocenters.